The van der Waals surface area contributed by atoms with Crippen molar-refractivity contribution in [2.24, 2.45) is 0 Å². The summed E-state index contributed by atoms with van der Waals surface area (Å²) in [5.74, 6) is 2.18. The van der Waals surface area contributed by atoms with Gasteiger partial charge in [-0.05, 0) is 60.7 Å². The second-order valence-corrected chi connectivity index (χ2v) is 9.45. The fourth-order valence-corrected chi connectivity index (χ4v) is 5.30. The van der Waals surface area contributed by atoms with Crippen LogP contribution in [0.1, 0.15) is 28.4 Å². The molecule has 1 atom stereocenters. The van der Waals surface area contributed by atoms with Gasteiger partial charge in [-0.15, -0.1) is 0 Å². The lowest BCUT2D eigenvalue weighted by atomic mass is 9.95. The Balaban J connectivity index is 1.61. The molecule has 1 aliphatic rings. The van der Waals surface area contributed by atoms with Crippen molar-refractivity contribution in [3.8, 4) is 28.4 Å². The van der Waals surface area contributed by atoms with E-state index < -0.39 is 6.10 Å². The largest absolute Gasteiger partial charge is 0.480 e. The fourth-order valence-electron chi connectivity index (χ4n) is 4.35. The number of aryl methyl sites for hydroxylation is 2. The Bertz CT molecular complexity index is 1590. The van der Waals surface area contributed by atoms with Crippen LogP contribution in [0, 0.1) is 17.4 Å². The zero-order chi connectivity index (χ0) is 22.7. The van der Waals surface area contributed by atoms with Gasteiger partial charge >= 0.3 is 0 Å². The van der Waals surface area contributed by atoms with Gasteiger partial charge in [0.1, 0.15) is 29.1 Å². The Kier molecular flexibility index (Phi) is 4.69. The first-order chi connectivity index (χ1) is 16.0. The van der Waals surface area contributed by atoms with Gasteiger partial charge < -0.3 is 13.6 Å². The normalized spacial score (nSPS) is 14.6. The monoisotopic (exact) mass is 546 g/mol. The molecule has 0 amide bonds. The summed E-state index contributed by atoms with van der Waals surface area (Å²) >= 11 is 2.30. The summed E-state index contributed by atoms with van der Waals surface area (Å²) < 4.78 is 19.7. The van der Waals surface area contributed by atoms with E-state index in [2.05, 4.69) is 53.8 Å². The molecule has 3 heterocycles. The molecule has 1 unspecified atom stereocenters. The average molecular weight is 546 g/mol. The average Bonchev–Trinajstić information content (AvgIpc) is 3.17. The van der Waals surface area contributed by atoms with Crippen LogP contribution in [0.3, 0.4) is 0 Å². The molecule has 4 nitrogen and oxygen atoms in total. The van der Waals surface area contributed by atoms with Crippen LogP contribution >= 0.6 is 22.6 Å². The van der Waals surface area contributed by atoms with Gasteiger partial charge in [-0.3, -0.25) is 4.79 Å². The van der Waals surface area contributed by atoms with Crippen LogP contribution in [0.25, 0.3) is 33.6 Å². The molecule has 3 aromatic carbocycles. The Morgan fingerprint density at radius 2 is 1.64 bits per heavy atom. The number of halogens is 1. The molecule has 0 saturated heterocycles. The van der Waals surface area contributed by atoms with E-state index in [1.165, 1.54) is 11.8 Å². The van der Waals surface area contributed by atoms with E-state index in [1.807, 2.05) is 49.4 Å². The molecule has 0 saturated carbocycles. The van der Waals surface area contributed by atoms with Gasteiger partial charge in [-0.2, -0.15) is 0 Å². The second-order valence-electron chi connectivity index (χ2n) is 8.37. The van der Waals surface area contributed by atoms with E-state index in [-0.39, 0.29) is 5.43 Å². The van der Waals surface area contributed by atoms with E-state index in [9.17, 15) is 4.79 Å². The molecule has 5 aromatic rings. The van der Waals surface area contributed by atoms with E-state index >= 15 is 0 Å². The van der Waals surface area contributed by atoms with Crippen LogP contribution < -0.4 is 10.2 Å². The first-order valence-corrected chi connectivity index (χ1v) is 11.8. The van der Waals surface area contributed by atoms with Gasteiger partial charge in [-0.1, -0.05) is 53.6 Å². The number of rotatable bonds is 2. The number of ether oxygens (including phenoxy) is 1. The second kappa shape index (κ2) is 7.63. The van der Waals surface area contributed by atoms with Crippen LogP contribution in [0.4, 0.5) is 0 Å². The summed E-state index contributed by atoms with van der Waals surface area (Å²) in [5, 5.41) is 0.550. The lowest BCUT2D eigenvalue weighted by molar-refractivity contribution is 0.236. The van der Waals surface area contributed by atoms with Crippen molar-refractivity contribution in [2.45, 2.75) is 20.0 Å². The fraction of sp³-hybridized carbons (Fsp3) is 0.107. The van der Waals surface area contributed by atoms with Gasteiger partial charge in [0.25, 0.3) is 0 Å². The third-order valence-corrected chi connectivity index (χ3v) is 7.15. The number of benzene rings is 3. The van der Waals surface area contributed by atoms with Crippen molar-refractivity contribution < 1.29 is 13.6 Å². The number of hydrogen-bond acceptors (Lipinski definition) is 4. The molecule has 162 valence electrons. The van der Waals surface area contributed by atoms with Gasteiger partial charge in [0.15, 0.2) is 11.5 Å². The minimum Gasteiger partial charge on any atom is -0.480 e. The predicted molar refractivity (Wildman–Crippen MR) is 137 cm³/mol. The van der Waals surface area contributed by atoms with Gasteiger partial charge in [0, 0.05) is 5.56 Å². The predicted octanol–water partition coefficient (Wildman–Crippen LogP) is 7.42. The quantitative estimate of drug-likeness (QED) is 0.216. The molecule has 0 bridgehead atoms. The number of para-hydroxylation sites is 1. The minimum atomic E-state index is -0.633. The first kappa shape index (κ1) is 20.3. The van der Waals surface area contributed by atoms with Crippen molar-refractivity contribution >= 4 is 33.6 Å². The maximum Gasteiger partial charge on any atom is 0.199 e. The highest BCUT2D eigenvalue weighted by atomic mass is 127. The van der Waals surface area contributed by atoms with Gasteiger partial charge in [0.05, 0.1) is 25.6 Å². The number of furan rings is 1. The molecule has 33 heavy (non-hydrogen) atoms. The van der Waals surface area contributed by atoms with Crippen LogP contribution in [0.2, 0.25) is 0 Å². The summed E-state index contributed by atoms with van der Waals surface area (Å²) in [6, 6.07) is 21.6. The number of fused-ring (bicyclic) bond motifs is 4. The smallest absolute Gasteiger partial charge is 0.199 e. The molecule has 0 spiro atoms. The van der Waals surface area contributed by atoms with Crippen LogP contribution in [-0.4, -0.2) is 0 Å². The Morgan fingerprint density at radius 1 is 0.879 bits per heavy atom. The maximum absolute atomic E-state index is 13.6. The highest BCUT2D eigenvalue weighted by Gasteiger charge is 2.36. The van der Waals surface area contributed by atoms with Crippen LogP contribution in [0.5, 0.6) is 5.75 Å². The highest BCUT2D eigenvalue weighted by Crippen LogP contribution is 2.50. The molecule has 0 aliphatic carbocycles. The Labute approximate surface area is 204 Å². The van der Waals surface area contributed by atoms with Crippen molar-refractivity contribution in [1.82, 2.24) is 0 Å². The summed E-state index contributed by atoms with van der Waals surface area (Å²) in [6.07, 6.45) is 0.891. The summed E-state index contributed by atoms with van der Waals surface area (Å²) in [5.41, 5.74) is 5.82. The number of hydrogen-bond donors (Lipinski definition) is 0. The first-order valence-electron chi connectivity index (χ1n) is 10.7. The third kappa shape index (κ3) is 3.22. The van der Waals surface area contributed by atoms with E-state index in [0.29, 0.717) is 22.3 Å². The highest BCUT2D eigenvalue weighted by molar-refractivity contribution is 14.1. The molecule has 5 heteroatoms. The summed E-state index contributed by atoms with van der Waals surface area (Å²) in [4.78, 5) is 13.6. The SMILES string of the molecule is Cc1ccc(-c2oc3c(c2I)C(c2coc4ccc(C)cc4c2=O)Oc2ccccc2-3)cc1. The van der Waals surface area contributed by atoms with Crippen molar-refractivity contribution in [3.05, 3.63) is 109 Å². The van der Waals surface area contributed by atoms with E-state index in [4.69, 9.17) is 13.6 Å². The van der Waals surface area contributed by atoms with Gasteiger partial charge in [0.2, 0.25) is 0 Å². The van der Waals surface area contributed by atoms with Crippen LogP contribution in [0.15, 0.2) is 86.6 Å². The van der Waals surface area contributed by atoms with Crippen molar-refractivity contribution in [3.63, 3.8) is 0 Å². The molecular weight excluding hydrogens is 527 g/mol. The molecular formula is C28H19IO4. The standard InChI is InChI=1S/C28H19IO4/c1-15-7-10-17(11-8-15)26-24(29)23-27(33-26)18-5-3-4-6-22(18)32-28(23)20-14-31-21-12-9-16(2)13-19(21)25(20)30/h3-14,28H,1-2H3. The molecule has 0 radical (unpaired) electrons. The molecule has 0 fully saturated rings. The zero-order valence-electron chi connectivity index (χ0n) is 18.0. The Hall–Kier alpha value is -3.32. The summed E-state index contributed by atoms with van der Waals surface area (Å²) in [6.45, 7) is 4.02. The lowest BCUT2D eigenvalue weighted by Crippen LogP contribution is -2.22. The maximum atomic E-state index is 13.6. The van der Waals surface area contributed by atoms with Crippen molar-refractivity contribution in [2.75, 3.05) is 0 Å². The molecule has 0 N–H and O–H groups in total. The summed E-state index contributed by atoms with van der Waals surface area (Å²) in [7, 11) is 0. The Morgan fingerprint density at radius 3 is 2.45 bits per heavy atom. The van der Waals surface area contributed by atoms with Crippen LogP contribution in [-0.2, 0) is 0 Å². The molecule has 1 aliphatic heterocycles. The molecule has 2 aromatic heterocycles. The van der Waals surface area contributed by atoms with E-state index in [0.717, 1.165) is 37.3 Å². The minimum absolute atomic E-state index is 0.0934. The van der Waals surface area contributed by atoms with E-state index in [1.54, 1.807) is 0 Å². The third-order valence-electron chi connectivity index (χ3n) is 6.07. The topological polar surface area (TPSA) is 52.6 Å². The lowest BCUT2D eigenvalue weighted by Gasteiger charge is -2.25. The van der Waals surface area contributed by atoms with Crippen molar-refractivity contribution in [1.29, 1.82) is 0 Å². The van der Waals surface area contributed by atoms with Gasteiger partial charge in [-0.25, -0.2) is 0 Å². The molecule has 6 rings (SSSR count). The zero-order valence-corrected chi connectivity index (χ0v) is 20.2.